The van der Waals surface area contributed by atoms with Crippen LogP contribution in [0, 0.1) is 5.92 Å². The van der Waals surface area contributed by atoms with Gasteiger partial charge in [-0.05, 0) is 12.8 Å². The van der Waals surface area contributed by atoms with Gasteiger partial charge in [0.25, 0.3) is 0 Å². The maximum absolute atomic E-state index is 3.84. The predicted molar refractivity (Wildman–Crippen MR) is 83.4 cm³/mol. The van der Waals surface area contributed by atoms with Gasteiger partial charge in [0.2, 0.25) is 0 Å². The fraction of sp³-hybridized carbons (Fsp3) is 1.00. The summed E-state index contributed by atoms with van der Waals surface area (Å²) < 4.78 is 0. The largest absolute Gasteiger partial charge is 0.105 e. The summed E-state index contributed by atoms with van der Waals surface area (Å²) in [4.78, 5) is 0.822. The molecule has 4 aliphatic rings. The molecule has 4 rings (SSSR count). The first-order chi connectivity index (χ1) is 8.14. The molecule has 4 fully saturated rings. The van der Waals surface area contributed by atoms with Gasteiger partial charge in [0.05, 0.1) is 0 Å². The number of hydrogen-bond donors (Lipinski definition) is 0. The van der Waals surface area contributed by atoms with E-state index in [4.69, 9.17) is 0 Å². The number of halogens is 1. The molecular weight excluding hydrogens is 268 g/mol. The number of fused-ring (bicyclic) bond motifs is 5. The second-order valence-corrected chi connectivity index (χ2v) is 8.89. The van der Waals surface area contributed by atoms with Crippen molar-refractivity contribution in [3.63, 3.8) is 0 Å². The smallest absolute Gasteiger partial charge is 0.0891 e. The van der Waals surface area contributed by atoms with E-state index in [9.17, 15) is 0 Å². The van der Waals surface area contributed by atoms with E-state index in [0.717, 1.165) is 27.0 Å². The highest BCUT2D eigenvalue weighted by Gasteiger charge is 2.94. The Bertz CT molecular complexity index is 349. The number of rotatable bonds is 0. The Morgan fingerprint density at radius 2 is 1.88 bits per heavy atom. The van der Waals surface area contributed by atoms with Gasteiger partial charge < -0.3 is 0 Å². The molecule has 0 radical (unpaired) electrons. The third-order valence-electron chi connectivity index (χ3n) is 7.26. The van der Waals surface area contributed by atoms with Crippen molar-refractivity contribution in [2.24, 2.45) is 5.92 Å². The van der Waals surface area contributed by atoms with E-state index < -0.39 is 0 Å². The average Bonchev–Trinajstić information content (AvgIpc) is 3.15. The summed E-state index contributed by atoms with van der Waals surface area (Å²) in [5.74, 6) is 2.04. The van der Waals surface area contributed by atoms with Crippen molar-refractivity contribution in [1.82, 2.24) is 0 Å². The van der Waals surface area contributed by atoms with E-state index in [1.165, 1.54) is 51.7 Å². The first-order valence-corrected chi connectivity index (χ1v) is 8.69. The normalized spacial score (nSPS) is 44.9. The molecule has 2 spiro atoms. The highest BCUT2D eigenvalue weighted by Crippen LogP contribution is 2.92. The van der Waals surface area contributed by atoms with Crippen molar-refractivity contribution >= 4 is 37.0 Å². The molecule has 0 nitrogen and oxygen atoms in total. The van der Waals surface area contributed by atoms with E-state index >= 15 is 0 Å². The van der Waals surface area contributed by atoms with Gasteiger partial charge in [0.15, 0.2) is 0 Å². The Labute approximate surface area is 116 Å². The third kappa shape index (κ3) is 1.20. The summed E-state index contributed by atoms with van der Waals surface area (Å²) >= 11 is 3.84. The lowest BCUT2D eigenvalue weighted by atomic mass is 9.33. The van der Waals surface area contributed by atoms with Gasteiger partial charge in [-0.1, -0.05) is 77.1 Å². The topological polar surface area (TPSA) is 0 Å². The Kier molecular flexibility index (Phi) is 2.30. The van der Waals surface area contributed by atoms with Gasteiger partial charge in [0.1, 0.15) is 21.1 Å². The number of hydrogen-bond acceptors (Lipinski definition) is 0. The molecule has 2 heterocycles. The summed E-state index contributed by atoms with van der Waals surface area (Å²) in [6.07, 6.45) is 10.6. The molecule has 0 amide bonds. The third-order valence-corrected chi connectivity index (χ3v) is 8.09. The molecule has 2 aliphatic carbocycles. The highest BCUT2D eigenvalue weighted by atomic mass is 79.9. The van der Waals surface area contributed by atoms with Crippen LogP contribution in [0.25, 0.3) is 0 Å². The van der Waals surface area contributed by atoms with Crippen molar-refractivity contribution in [2.45, 2.75) is 72.9 Å². The van der Waals surface area contributed by atoms with Crippen LogP contribution in [0.2, 0.25) is 16.2 Å². The molecule has 0 bridgehead atoms. The van der Waals surface area contributed by atoms with Crippen molar-refractivity contribution < 1.29 is 0 Å². The van der Waals surface area contributed by atoms with Crippen LogP contribution in [0.3, 0.4) is 0 Å². The first-order valence-electron chi connectivity index (χ1n) is 7.78. The molecule has 90 valence electrons. The second kappa shape index (κ2) is 3.41. The zero-order valence-corrected chi connectivity index (χ0v) is 12.8. The maximum Gasteiger partial charge on any atom is 0.105 e. The Hall–Kier alpha value is 0.675. The Morgan fingerprint density at radius 1 is 1.12 bits per heavy atom. The fourth-order valence-corrected chi connectivity index (χ4v) is 7.23. The lowest BCUT2D eigenvalue weighted by Crippen LogP contribution is -2.37. The quantitative estimate of drug-likeness (QED) is 0.475. The minimum atomic E-state index is 0.822. The lowest BCUT2D eigenvalue weighted by Gasteiger charge is -2.48. The van der Waals surface area contributed by atoms with Crippen LogP contribution in [-0.4, -0.2) is 25.9 Å². The zero-order valence-electron chi connectivity index (χ0n) is 11.2. The Morgan fingerprint density at radius 3 is 2.53 bits per heavy atom. The van der Waals surface area contributed by atoms with Crippen LogP contribution in [0.4, 0.5) is 0 Å². The molecule has 4 heteroatoms. The fourth-order valence-electron chi connectivity index (χ4n) is 6.44. The standard InChI is InChI=1S/C13H22B3Br/c1-9-4-2-3-6-12(9)15-13(16(12)15)7-5-10(17)8-11(13)14/h9-11H,2-8,14H2,1H3. The minimum Gasteiger partial charge on any atom is -0.0891 e. The minimum absolute atomic E-state index is 0.822. The first kappa shape index (κ1) is 11.5. The van der Waals surface area contributed by atoms with Gasteiger partial charge in [-0.15, -0.1) is 0 Å². The molecule has 2 saturated carbocycles. The molecular formula is C13H22B3Br. The summed E-state index contributed by atoms with van der Waals surface area (Å²) in [5.41, 5.74) is 0. The molecule has 0 aromatic heterocycles. The summed E-state index contributed by atoms with van der Waals surface area (Å²) in [6.45, 7) is 4.89. The molecule has 3 atom stereocenters. The van der Waals surface area contributed by atoms with Gasteiger partial charge >= 0.3 is 0 Å². The van der Waals surface area contributed by atoms with Gasteiger partial charge in [0, 0.05) is 4.83 Å². The van der Waals surface area contributed by atoms with Crippen LogP contribution < -0.4 is 0 Å². The molecule has 0 aromatic carbocycles. The van der Waals surface area contributed by atoms with Crippen LogP contribution in [0.15, 0.2) is 0 Å². The lowest BCUT2D eigenvalue weighted by molar-refractivity contribution is 0.334. The van der Waals surface area contributed by atoms with E-state index in [1.807, 2.05) is 0 Å². The van der Waals surface area contributed by atoms with E-state index in [-0.39, 0.29) is 0 Å². The van der Waals surface area contributed by atoms with E-state index in [2.05, 4.69) is 30.7 Å². The monoisotopic (exact) mass is 290 g/mol. The van der Waals surface area contributed by atoms with Gasteiger partial charge in [-0.25, -0.2) is 0 Å². The van der Waals surface area contributed by atoms with Crippen LogP contribution in [0.5, 0.6) is 0 Å². The van der Waals surface area contributed by atoms with Crippen molar-refractivity contribution in [1.29, 1.82) is 0 Å². The molecule has 17 heavy (non-hydrogen) atoms. The van der Waals surface area contributed by atoms with Crippen molar-refractivity contribution in [3.05, 3.63) is 0 Å². The van der Waals surface area contributed by atoms with Crippen molar-refractivity contribution in [2.75, 3.05) is 0 Å². The van der Waals surface area contributed by atoms with Crippen molar-refractivity contribution in [3.8, 4) is 0 Å². The second-order valence-electron chi connectivity index (χ2n) is 7.60. The molecule has 0 N–H and O–H groups in total. The zero-order chi connectivity index (χ0) is 11.8. The highest BCUT2D eigenvalue weighted by molar-refractivity contribution is 9.09. The summed E-state index contributed by atoms with van der Waals surface area (Å²) in [7, 11) is 2.54. The summed E-state index contributed by atoms with van der Waals surface area (Å²) in [6, 6.07) is 0. The molecule has 3 unspecified atom stereocenters. The van der Waals surface area contributed by atoms with Gasteiger partial charge in [-0.3, -0.25) is 0 Å². The Balaban J connectivity index is 1.53. The number of alkyl halides is 1. The molecule has 2 aliphatic heterocycles. The van der Waals surface area contributed by atoms with Gasteiger partial charge in [-0.2, -0.15) is 0 Å². The SMILES string of the molecule is BC1CC(Br)CCC12B1B2C12CCCCC2C. The van der Waals surface area contributed by atoms with Crippen LogP contribution >= 0.6 is 15.9 Å². The van der Waals surface area contributed by atoms with E-state index in [1.54, 1.807) is 6.42 Å². The van der Waals surface area contributed by atoms with Crippen LogP contribution in [-0.2, 0) is 0 Å². The maximum atomic E-state index is 3.84. The molecule has 0 aromatic rings. The summed E-state index contributed by atoms with van der Waals surface area (Å²) in [5, 5.41) is 1.71. The van der Waals surface area contributed by atoms with Crippen LogP contribution in [0.1, 0.15) is 51.9 Å². The molecule has 2 saturated heterocycles. The predicted octanol–water partition coefficient (Wildman–Crippen LogP) is 3.22. The average molecular weight is 291 g/mol. The van der Waals surface area contributed by atoms with E-state index in [0.29, 0.717) is 0 Å².